The summed E-state index contributed by atoms with van der Waals surface area (Å²) in [4.78, 5) is 0.791. The van der Waals surface area contributed by atoms with Crippen molar-refractivity contribution < 1.29 is 8.78 Å². The number of halogens is 3. The van der Waals surface area contributed by atoms with Gasteiger partial charge < -0.3 is 5.32 Å². The number of benzene rings is 2. The van der Waals surface area contributed by atoms with Crippen molar-refractivity contribution in [1.82, 2.24) is 0 Å². The normalized spacial score (nSPS) is 10.2. The Morgan fingerprint density at radius 2 is 1.95 bits per heavy atom. The van der Waals surface area contributed by atoms with Crippen LogP contribution in [0.15, 0.2) is 39.7 Å². The molecule has 0 bridgehead atoms. The van der Waals surface area contributed by atoms with Crippen LogP contribution in [0.4, 0.5) is 20.2 Å². The van der Waals surface area contributed by atoms with Crippen molar-refractivity contribution in [2.75, 3.05) is 11.6 Å². The molecule has 0 aliphatic heterocycles. The van der Waals surface area contributed by atoms with E-state index in [0.29, 0.717) is 11.3 Å². The molecule has 0 heterocycles. The molecule has 0 saturated carbocycles. The third-order valence-corrected chi connectivity index (χ3v) is 4.02. The first kappa shape index (κ1) is 14.8. The highest BCUT2D eigenvalue weighted by atomic mass is 79.9. The van der Waals surface area contributed by atoms with Crippen LogP contribution in [0, 0.1) is 23.0 Å². The van der Waals surface area contributed by atoms with Gasteiger partial charge in [0.05, 0.1) is 21.4 Å². The van der Waals surface area contributed by atoms with E-state index < -0.39 is 11.6 Å². The highest BCUT2D eigenvalue weighted by Crippen LogP contribution is 2.31. The van der Waals surface area contributed by atoms with E-state index in [-0.39, 0.29) is 10.2 Å². The Morgan fingerprint density at radius 1 is 1.20 bits per heavy atom. The summed E-state index contributed by atoms with van der Waals surface area (Å²) in [6.07, 6.45) is 1.86. The molecule has 0 amide bonds. The quantitative estimate of drug-likeness (QED) is 0.617. The van der Waals surface area contributed by atoms with Crippen LogP contribution in [-0.4, -0.2) is 6.26 Å². The van der Waals surface area contributed by atoms with Crippen LogP contribution < -0.4 is 5.32 Å². The molecule has 6 heteroatoms. The minimum absolute atomic E-state index is 0.105. The molecule has 2 rings (SSSR count). The molecule has 0 spiro atoms. The van der Waals surface area contributed by atoms with Crippen molar-refractivity contribution in [2.24, 2.45) is 0 Å². The van der Waals surface area contributed by atoms with Crippen molar-refractivity contribution in [1.29, 1.82) is 5.26 Å². The minimum atomic E-state index is -0.718. The van der Waals surface area contributed by atoms with Gasteiger partial charge in [0.25, 0.3) is 0 Å². The Balaban J connectivity index is 2.46. The molecule has 0 aliphatic rings. The van der Waals surface area contributed by atoms with Crippen molar-refractivity contribution in [3.63, 3.8) is 0 Å². The second-order valence-electron chi connectivity index (χ2n) is 3.87. The number of rotatable bonds is 3. The van der Waals surface area contributed by atoms with Gasteiger partial charge in [-0.2, -0.15) is 5.26 Å². The molecule has 0 radical (unpaired) electrons. The zero-order chi connectivity index (χ0) is 14.7. The molecule has 2 aromatic rings. The molecule has 0 aromatic heterocycles. The van der Waals surface area contributed by atoms with Crippen molar-refractivity contribution in [3.8, 4) is 6.07 Å². The number of hydrogen-bond acceptors (Lipinski definition) is 3. The Hall–Kier alpha value is -1.58. The topological polar surface area (TPSA) is 35.8 Å². The first-order valence-corrected chi connectivity index (χ1v) is 7.57. The lowest BCUT2D eigenvalue weighted by Crippen LogP contribution is -1.98. The molecule has 1 N–H and O–H groups in total. The maximum Gasteiger partial charge on any atom is 0.149 e. The predicted octanol–water partition coefficient (Wildman–Crippen LogP) is 5.06. The Bertz CT molecular complexity index is 698. The summed E-state index contributed by atoms with van der Waals surface area (Å²) in [5, 5.41) is 12.0. The van der Waals surface area contributed by atoms with Crippen LogP contribution in [-0.2, 0) is 0 Å². The van der Waals surface area contributed by atoms with Crippen LogP contribution >= 0.6 is 27.7 Å². The average molecular weight is 355 g/mol. The molecule has 0 unspecified atom stereocenters. The fourth-order valence-corrected chi connectivity index (χ4v) is 2.60. The van der Waals surface area contributed by atoms with E-state index in [1.165, 1.54) is 17.8 Å². The van der Waals surface area contributed by atoms with Crippen LogP contribution in [0.1, 0.15) is 5.56 Å². The van der Waals surface area contributed by atoms with Gasteiger partial charge in [-0.1, -0.05) is 6.07 Å². The fourth-order valence-electron chi connectivity index (χ4n) is 1.68. The summed E-state index contributed by atoms with van der Waals surface area (Å²) < 4.78 is 27.1. The van der Waals surface area contributed by atoms with E-state index in [1.807, 2.05) is 12.3 Å². The molecule has 20 heavy (non-hydrogen) atoms. The summed E-state index contributed by atoms with van der Waals surface area (Å²) in [7, 11) is 0. The number of nitrogens with one attached hydrogen (secondary N) is 1. The van der Waals surface area contributed by atoms with E-state index in [1.54, 1.807) is 12.1 Å². The van der Waals surface area contributed by atoms with Gasteiger partial charge in [-0.3, -0.25) is 0 Å². The van der Waals surface area contributed by atoms with Gasteiger partial charge in [0, 0.05) is 11.0 Å². The molecule has 0 aliphatic carbocycles. The summed E-state index contributed by atoms with van der Waals surface area (Å²) in [5.74, 6) is -1.39. The molecule has 2 nitrogen and oxygen atoms in total. The molecular formula is C14H9BrF2N2S. The van der Waals surface area contributed by atoms with Gasteiger partial charge in [0.2, 0.25) is 0 Å². The van der Waals surface area contributed by atoms with Crippen LogP contribution in [0.3, 0.4) is 0 Å². The van der Waals surface area contributed by atoms with Crippen LogP contribution in [0.5, 0.6) is 0 Å². The molecule has 0 atom stereocenters. The second-order valence-corrected chi connectivity index (χ2v) is 5.57. The largest absolute Gasteiger partial charge is 0.352 e. The van der Waals surface area contributed by atoms with Crippen LogP contribution in [0.25, 0.3) is 0 Å². The van der Waals surface area contributed by atoms with Gasteiger partial charge in [-0.15, -0.1) is 11.8 Å². The third kappa shape index (κ3) is 2.94. The molecule has 0 saturated heterocycles. The van der Waals surface area contributed by atoms with Crippen molar-refractivity contribution in [2.45, 2.75) is 4.90 Å². The SMILES string of the molecule is CSc1cccc(Nc2cc(Br)c(F)cc2F)c1C#N. The van der Waals surface area contributed by atoms with Crippen LogP contribution in [0.2, 0.25) is 0 Å². The molecule has 2 aromatic carbocycles. The smallest absolute Gasteiger partial charge is 0.149 e. The Kier molecular flexibility index (Phi) is 4.63. The van der Waals surface area contributed by atoms with Gasteiger partial charge >= 0.3 is 0 Å². The Labute approximate surface area is 127 Å². The third-order valence-electron chi connectivity index (χ3n) is 2.64. The minimum Gasteiger partial charge on any atom is -0.352 e. The lowest BCUT2D eigenvalue weighted by atomic mass is 10.2. The number of nitriles is 1. The summed E-state index contributed by atoms with van der Waals surface area (Å²) in [6.45, 7) is 0. The molecular weight excluding hydrogens is 346 g/mol. The van der Waals surface area contributed by atoms with E-state index in [0.717, 1.165) is 11.0 Å². The van der Waals surface area contributed by atoms with Gasteiger partial charge in [-0.05, 0) is 40.4 Å². The highest BCUT2D eigenvalue weighted by Gasteiger charge is 2.12. The molecule has 0 fully saturated rings. The van der Waals surface area contributed by atoms with Gasteiger partial charge in [-0.25, -0.2) is 8.78 Å². The zero-order valence-corrected chi connectivity index (χ0v) is 12.8. The zero-order valence-electron chi connectivity index (χ0n) is 10.4. The maximum absolute atomic E-state index is 13.7. The number of hydrogen-bond donors (Lipinski definition) is 1. The number of anilines is 2. The van der Waals surface area contributed by atoms with E-state index in [2.05, 4.69) is 27.3 Å². The summed E-state index contributed by atoms with van der Waals surface area (Å²) in [6, 6.07) is 9.44. The average Bonchev–Trinajstić information content (AvgIpc) is 2.44. The van der Waals surface area contributed by atoms with E-state index in [4.69, 9.17) is 0 Å². The van der Waals surface area contributed by atoms with Crippen molar-refractivity contribution >= 4 is 39.1 Å². The first-order chi connectivity index (χ1) is 9.56. The van der Waals surface area contributed by atoms with Gasteiger partial charge in [0.15, 0.2) is 0 Å². The number of nitrogens with zero attached hydrogens (tertiary/aromatic N) is 1. The maximum atomic E-state index is 13.7. The van der Waals surface area contributed by atoms with Gasteiger partial charge in [0.1, 0.15) is 17.7 Å². The number of thioether (sulfide) groups is 1. The van der Waals surface area contributed by atoms with Crippen molar-refractivity contribution in [3.05, 3.63) is 52.0 Å². The fraction of sp³-hybridized carbons (Fsp3) is 0.0714. The lowest BCUT2D eigenvalue weighted by Gasteiger charge is -2.12. The highest BCUT2D eigenvalue weighted by molar-refractivity contribution is 9.10. The monoisotopic (exact) mass is 354 g/mol. The second kappa shape index (κ2) is 6.25. The molecule has 102 valence electrons. The van der Waals surface area contributed by atoms with E-state index >= 15 is 0 Å². The Morgan fingerprint density at radius 3 is 2.60 bits per heavy atom. The summed E-state index contributed by atoms with van der Waals surface area (Å²) in [5.41, 5.74) is 1.02. The van der Waals surface area contributed by atoms with E-state index in [9.17, 15) is 14.0 Å². The standard InChI is InChI=1S/C14H9BrF2N2S/c1-20-14-4-2-3-12(8(14)7-18)19-13-5-9(15)10(16)6-11(13)17/h2-6,19H,1H3. The predicted molar refractivity (Wildman–Crippen MR) is 80.3 cm³/mol. The lowest BCUT2D eigenvalue weighted by molar-refractivity contribution is 0.581. The first-order valence-electron chi connectivity index (χ1n) is 5.55. The summed E-state index contributed by atoms with van der Waals surface area (Å²) >= 11 is 4.44.